The summed E-state index contributed by atoms with van der Waals surface area (Å²) >= 11 is 9.77. The fourth-order valence-electron chi connectivity index (χ4n) is 0.519. The van der Waals surface area contributed by atoms with Crippen molar-refractivity contribution in [3.63, 3.8) is 0 Å². The molecule has 0 aliphatic heterocycles. The molecule has 0 aliphatic rings. The Morgan fingerprint density at radius 3 is 2.36 bits per heavy atom. The summed E-state index contributed by atoms with van der Waals surface area (Å²) in [4.78, 5) is -0.0314. The molecular formula is C4H3BrClNO2S2. The number of primary sulfonamides is 1. The quantitative estimate of drug-likeness (QED) is 0.850. The van der Waals surface area contributed by atoms with Gasteiger partial charge in [0.1, 0.15) is 9.23 Å². The van der Waals surface area contributed by atoms with E-state index in [1.807, 2.05) is 0 Å². The molecule has 0 unspecified atom stereocenters. The summed E-state index contributed by atoms with van der Waals surface area (Å²) in [6, 6.07) is 1.38. The second kappa shape index (κ2) is 3.02. The number of nitrogens with two attached hydrogens (primary N) is 1. The summed E-state index contributed by atoms with van der Waals surface area (Å²) in [5.74, 6) is 0. The van der Waals surface area contributed by atoms with Crippen molar-refractivity contribution in [2.24, 2.45) is 5.14 Å². The molecule has 3 nitrogen and oxygen atoms in total. The lowest BCUT2D eigenvalue weighted by molar-refractivity contribution is 0.598. The zero-order valence-corrected chi connectivity index (χ0v) is 9.02. The van der Waals surface area contributed by atoms with Crippen LogP contribution in [0.3, 0.4) is 0 Å². The Bertz CT molecular complexity index is 371. The molecule has 0 spiro atoms. The number of sulfonamides is 1. The minimum Gasteiger partial charge on any atom is -0.225 e. The van der Waals surface area contributed by atoms with Gasteiger partial charge in [-0.05, 0) is 22.0 Å². The number of thiophene rings is 1. The average Bonchev–Trinajstić information content (AvgIpc) is 2.08. The zero-order valence-electron chi connectivity index (χ0n) is 5.04. The molecule has 0 radical (unpaired) electrons. The molecule has 1 heterocycles. The molecule has 11 heavy (non-hydrogen) atoms. The highest BCUT2D eigenvalue weighted by Gasteiger charge is 2.15. The molecular weight excluding hydrogens is 274 g/mol. The van der Waals surface area contributed by atoms with Crippen LogP contribution in [0, 0.1) is 0 Å². The molecule has 0 saturated heterocycles. The van der Waals surface area contributed by atoms with Crippen LogP contribution in [-0.2, 0) is 10.0 Å². The summed E-state index contributed by atoms with van der Waals surface area (Å²) < 4.78 is 22.3. The molecule has 0 aliphatic carbocycles. The van der Waals surface area contributed by atoms with E-state index in [0.717, 1.165) is 11.3 Å². The van der Waals surface area contributed by atoms with Crippen molar-refractivity contribution in [2.75, 3.05) is 0 Å². The minimum absolute atomic E-state index is 0.0314. The van der Waals surface area contributed by atoms with Gasteiger partial charge in [0.25, 0.3) is 0 Å². The topological polar surface area (TPSA) is 60.2 Å². The molecule has 0 bridgehead atoms. The molecule has 62 valence electrons. The molecule has 1 aromatic heterocycles. The molecule has 0 aromatic carbocycles. The van der Waals surface area contributed by atoms with Crippen molar-refractivity contribution >= 4 is 48.9 Å². The Balaban J connectivity index is 3.36. The highest BCUT2D eigenvalue weighted by atomic mass is 79.9. The summed E-state index contributed by atoms with van der Waals surface area (Å²) in [5, 5.41) is 4.84. The van der Waals surface area contributed by atoms with Gasteiger partial charge in [0.2, 0.25) is 10.0 Å². The zero-order chi connectivity index (χ0) is 8.65. The molecule has 0 fully saturated rings. The molecule has 0 amide bonds. The van der Waals surface area contributed by atoms with Crippen LogP contribution in [0.4, 0.5) is 0 Å². The maximum absolute atomic E-state index is 10.7. The minimum atomic E-state index is -3.66. The Labute approximate surface area is 81.3 Å². The summed E-state index contributed by atoms with van der Waals surface area (Å²) in [6.45, 7) is 0. The second-order valence-electron chi connectivity index (χ2n) is 1.73. The van der Waals surface area contributed by atoms with Gasteiger partial charge >= 0.3 is 0 Å². The summed E-state index contributed by atoms with van der Waals surface area (Å²) in [6.07, 6.45) is 0. The molecule has 7 heteroatoms. The lowest BCUT2D eigenvalue weighted by Gasteiger charge is -1.90. The van der Waals surface area contributed by atoms with Crippen molar-refractivity contribution in [3.05, 3.63) is 14.2 Å². The maximum atomic E-state index is 10.7. The first-order valence-electron chi connectivity index (χ1n) is 2.39. The van der Waals surface area contributed by atoms with E-state index in [0.29, 0.717) is 3.79 Å². The van der Waals surface area contributed by atoms with Crippen LogP contribution in [0.2, 0.25) is 4.34 Å². The Hall–Kier alpha value is 0.380. The van der Waals surface area contributed by atoms with Gasteiger partial charge in [-0.1, -0.05) is 11.6 Å². The largest absolute Gasteiger partial charge is 0.240 e. The fourth-order valence-corrected chi connectivity index (χ4v) is 3.85. The number of hydrogen-bond donors (Lipinski definition) is 1. The van der Waals surface area contributed by atoms with Gasteiger partial charge in [-0.2, -0.15) is 0 Å². The first-order chi connectivity index (χ1) is 4.91. The van der Waals surface area contributed by atoms with E-state index in [1.54, 1.807) is 0 Å². The summed E-state index contributed by atoms with van der Waals surface area (Å²) in [7, 11) is -3.66. The van der Waals surface area contributed by atoms with Crippen LogP contribution >= 0.6 is 38.9 Å². The lowest BCUT2D eigenvalue weighted by atomic mass is 10.7. The standard InChI is InChI=1S/C4H3BrClNO2S2/c5-3-1-2(4(6)10-3)11(7,8)9/h1H,(H2,7,8,9). The van der Waals surface area contributed by atoms with Crippen molar-refractivity contribution in [2.45, 2.75) is 4.90 Å². The first-order valence-corrected chi connectivity index (χ1v) is 5.92. The monoisotopic (exact) mass is 275 g/mol. The third kappa shape index (κ3) is 2.16. The molecule has 1 aromatic rings. The number of hydrogen-bond acceptors (Lipinski definition) is 3. The van der Waals surface area contributed by atoms with Gasteiger partial charge in [0.15, 0.2) is 0 Å². The predicted octanol–water partition coefficient (Wildman–Crippen LogP) is 1.81. The first kappa shape index (κ1) is 9.47. The van der Waals surface area contributed by atoms with E-state index in [1.165, 1.54) is 6.07 Å². The van der Waals surface area contributed by atoms with Crippen LogP contribution in [-0.4, -0.2) is 8.42 Å². The van der Waals surface area contributed by atoms with Crippen LogP contribution in [0.5, 0.6) is 0 Å². The highest BCUT2D eigenvalue weighted by Crippen LogP contribution is 2.33. The van der Waals surface area contributed by atoms with Crippen LogP contribution < -0.4 is 5.14 Å². The van der Waals surface area contributed by atoms with E-state index in [-0.39, 0.29) is 9.23 Å². The number of rotatable bonds is 1. The van der Waals surface area contributed by atoms with Gasteiger partial charge in [0, 0.05) is 0 Å². The third-order valence-corrected chi connectivity index (χ3v) is 3.97. The average molecular weight is 277 g/mol. The SMILES string of the molecule is NS(=O)(=O)c1cc(Br)sc1Cl. The lowest BCUT2D eigenvalue weighted by Crippen LogP contribution is -2.11. The van der Waals surface area contributed by atoms with Crippen molar-refractivity contribution in [3.8, 4) is 0 Å². The van der Waals surface area contributed by atoms with Crippen LogP contribution in [0.1, 0.15) is 0 Å². The van der Waals surface area contributed by atoms with Crippen LogP contribution in [0.25, 0.3) is 0 Å². The third-order valence-electron chi connectivity index (χ3n) is 0.932. The van der Waals surface area contributed by atoms with Crippen LogP contribution in [0.15, 0.2) is 14.7 Å². The summed E-state index contributed by atoms with van der Waals surface area (Å²) in [5.41, 5.74) is 0. The normalized spacial score (nSPS) is 11.9. The van der Waals surface area contributed by atoms with Crippen molar-refractivity contribution in [1.82, 2.24) is 0 Å². The Morgan fingerprint density at radius 2 is 2.18 bits per heavy atom. The van der Waals surface area contributed by atoms with E-state index in [4.69, 9.17) is 16.7 Å². The van der Waals surface area contributed by atoms with Gasteiger partial charge in [-0.15, -0.1) is 11.3 Å². The maximum Gasteiger partial charge on any atom is 0.240 e. The van der Waals surface area contributed by atoms with E-state index < -0.39 is 10.0 Å². The molecule has 0 saturated carbocycles. The Morgan fingerprint density at radius 1 is 1.64 bits per heavy atom. The highest BCUT2D eigenvalue weighted by molar-refractivity contribution is 9.11. The second-order valence-corrected chi connectivity index (χ2v) is 6.30. The molecule has 2 N–H and O–H groups in total. The van der Waals surface area contributed by atoms with Gasteiger partial charge in [-0.3, -0.25) is 0 Å². The molecule has 0 atom stereocenters. The van der Waals surface area contributed by atoms with E-state index >= 15 is 0 Å². The Kier molecular flexibility index (Phi) is 2.60. The van der Waals surface area contributed by atoms with Crippen molar-refractivity contribution < 1.29 is 8.42 Å². The number of halogens is 2. The van der Waals surface area contributed by atoms with Gasteiger partial charge in [0.05, 0.1) is 3.79 Å². The van der Waals surface area contributed by atoms with E-state index in [9.17, 15) is 8.42 Å². The van der Waals surface area contributed by atoms with Gasteiger partial charge < -0.3 is 0 Å². The van der Waals surface area contributed by atoms with E-state index in [2.05, 4.69) is 15.9 Å². The van der Waals surface area contributed by atoms with Gasteiger partial charge in [-0.25, -0.2) is 13.6 Å². The molecule has 1 rings (SSSR count). The van der Waals surface area contributed by atoms with Crippen molar-refractivity contribution in [1.29, 1.82) is 0 Å². The predicted molar refractivity (Wildman–Crippen MR) is 48.4 cm³/mol. The fraction of sp³-hybridized carbons (Fsp3) is 0. The smallest absolute Gasteiger partial charge is 0.225 e.